The van der Waals surface area contributed by atoms with Crippen LogP contribution in [0.2, 0.25) is 0 Å². The molecule has 1 fully saturated rings. The van der Waals surface area contributed by atoms with Crippen LogP contribution in [0.3, 0.4) is 0 Å². The SMILES string of the molecule is CCc1noc(C(C)N2C[C@@H](CN)[C@H](c3ccccc3)C2)n1.Cl. The monoisotopic (exact) mass is 336 g/mol. The molecule has 1 aromatic carbocycles. The first-order valence-corrected chi connectivity index (χ1v) is 8.04. The van der Waals surface area contributed by atoms with Gasteiger partial charge in [0.05, 0.1) is 6.04 Å². The number of aromatic nitrogens is 2. The summed E-state index contributed by atoms with van der Waals surface area (Å²) >= 11 is 0. The Kier molecular flexibility index (Phi) is 6.16. The third kappa shape index (κ3) is 3.74. The first-order chi connectivity index (χ1) is 10.7. The second-order valence-corrected chi connectivity index (χ2v) is 6.05. The summed E-state index contributed by atoms with van der Waals surface area (Å²) in [6.07, 6.45) is 0.800. The van der Waals surface area contributed by atoms with Gasteiger partial charge < -0.3 is 10.3 Å². The van der Waals surface area contributed by atoms with Crippen molar-refractivity contribution in [2.45, 2.75) is 32.2 Å². The van der Waals surface area contributed by atoms with Crippen LogP contribution in [0.25, 0.3) is 0 Å². The summed E-state index contributed by atoms with van der Waals surface area (Å²) in [6, 6.07) is 10.8. The number of aryl methyl sites for hydroxylation is 1. The highest BCUT2D eigenvalue weighted by molar-refractivity contribution is 5.85. The maximum absolute atomic E-state index is 6.01. The van der Waals surface area contributed by atoms with Crippen molar-refractivity contribution in [3.8, 4) is 0 Å². The summed E-state index contributed by atoms with van der Waals surface area (Å²) < 4.78 is 5.41. The Morgan fingerprint density at radius 1 is 1.30 bits per heavy atom. The van der Waals surface area contributed by atoms with Gasteiger partial charge in [-0.3, -0.25) is 4.90 Å². The lowest BCUT2D eigenvalue weighted by Crippen LogP contribution is -2.26. The highest BCUT2D eigenvalue weighted by Crippen LogP contribution is 2.36. The zero-order valence-corrected chi connectivity index (χ0v) is 14.5. The highest BCUT2D eigenvalue weighted by Gasteiger charge is 2.36. The molecule has 2 N–H and O–H groups in total. The molecular weight excluding hydrogens is 312 g/mol. The number of likely N-dealkylation sites (tertiary alicyclic amines) is 1. The van der Waals surface area contributed by atoms with Crippen molar-refractivity contribution in [3.05, 3.63) is 47.6 Å². The van der Waals surface area contributed by atoms with E-state index in [2.05, 4.69) is 52.3 Å². The van der Waals surface area contributed by atoms with Gasteiger partial charge >= 0.3 is 0 Å². The Bertz CT molecular complexity index is 604. The van der Waals surface area contributed by atoms with E-state index in [9.17, 15) is 0 Å². The lowest BCUT2D eigenvalue weighted by molar-refractivity contribution is 0.202. The third-order valence-electron chi connectivity index (χ3n) is 4.70. The van der Waals surface area contributed by atoms with Crippen LogP contribution in [0.15, 0.2) is 34.9 Å². The minimum absolute atomic E-state index is 0. The lowest BCUT2D eigenvalue weighted by Gasteiger charge is -2.21. The van der Waals surface area contributed by atoms with Gasteiger partial charge in [0, 0.05) is 25.4 Å². The zero-order valence-electron chi connectivity index (χ0n) is 13.7. The minimum atomic E-state index is 0. The van der Waals surface area contributed by atoms with Crippen molar-refractivity contribution < 1.29 is 4.52 Å². The van der Waals surface area contributed by atoms with E-state index in [-0.39, 0.29) is 18.4 Å². The molecule has 0 bridgehead atoms. The standard InChI is InChI=1S/C17H24N4O.ClH/c1-3-16-19-17(22-20-16)12(2)21-10-14(9-18)15(11-21)13-7-5-4-6-8-13;/h4-8,12,14-15H,3,9-11,18H2,1-2H3;1H/t12?,14-,15+;/m1./s1. The molecule has 23 heavy (non-hydrogen) atoms. The van der Waals surface area contributed by atoms with Crippen molar-refractivity contribution in [2.24, 2.45) is 11.7 Å². The van der Waals surface area contributed by atoms with E-state index in [1.807, 2.05) is 6.92 Å². The number of nitrogens with two attached hydrogens (primary N) is 1. The summed E-state index contributed by atoms with van der Waals surface area (Å²) in [6.45, 7) is 6.82. The van der Waals surface area contributed by atoms with E-state index in [4.69, 9.17) is 10.3 Å². The van der Waals surface area contributed by atoms with Gasteiger partial charge in [0.2, 0.25) is 5.89 Å². The Balaban J connectivity index is 0.00000192. The van der Waals surface area contributed by atoms with Crippen molar-refractivity contribution in [2.75, 3.05) is 19.6 Å². The summed E-state index contributed by atoms with van der Waals surface area (Å²) in [5, 5.41) is 4.01. The van der Waals surface area contributed by atoms with Crippen molar-refractivity contribution in [1.82, 2.24) is 15.0 Å². The molecule has 1 unspecified atom stereocenters. The van der Waals surface area contributed by atoms with Gasteiger partial charge in [-0.1, -0.05) is 42.4 Å². The summed E-state index contributed by atoms with van der Waals surface area (Å²) in [5.74, 6) is 2.43. The second-order valence-electron chi connectivity index (χ2n) is 6.05. The van der Waals surface area contributed by atoms with Crippen LogP contribution >= 0.6 is 12.4 Å². The minimum Gasteiger partial charge on any atom is -0.338 e. The zero-order chi connectivity index (χ0) is 15.5. The Hall–Kier alpha value is -1.43. The molecule has 2 aromatic rings. The van der Waals surface area contributed by atoms with E-state index < -0.39 is 0 Å². The maximum atomic E-state index is 6.01. The highest BCUT2D eigenvalue weighted by atomic mass is 35.5. The van der Waals surface area contributed by atoms with Crippen molar-refractivity contribution >= 4 is 12.4 Å². The van der Waals surface area contributed by atoms with Crippen molar-refractivity contribution in [3.63, 3.8) is 0 Å². The number of halogens is 1. The van der Waals surface area contributed by atoms with E-state index >= 15 is 0 Å². The van der Waals surface area contributed by atoms with Gasteiger partial charge in [-0.15, -0.1) is 12.4 Å². The molecular formula is C17H25ClN4O. The molecule has 126 valence electrons. The Labute approximate surface area is 143 Å². The van der Waals surface area contributed by atoms with Gasteiger partial charge in [0.1, 0.15) is 0 Å². The van der Waals surface area contributed by atoms with Gasteiger partial charge in [0.15, 0.2) is 5.82 Å². The van der Waals surface area contributed by atoms with E-state index in [0.717, 1.165) is 25.3 Å². The fraction of sp³-hybridized carbons (Fsp3) is 0.529. The quantitative estimate of drug-likeness (QED) is 0.909. The number of rotatable bonds is 5. The normalized spacial score (nSPS) is 22.7. The van der Waals surface area contributed by atoms with Crippen LogP contribution in [0.5, 0.6) is 0 Å². The molecule has 1 aliphatic heterocycles. The summed E-state index contributed by atoms with van der Waals surface area (Å²) in [4.78, 5) is 6.88. The second kappa shape index (κ2) is 7.90. The molecule has 1 aliphatic rings. The fourth-order valence-electron chi connectivity index (χ4n) is 3.27. The first kappa shape index (κ1) is 17.9. The first-order valence-electron chi connectivity index (χ1n) is 8.04. The van der Waals surface area contributed by atoms with Crippen LogP contribution in [-0.2, 0) is 6.42 Å². The van der Waals surface area contributed by atoms with Crippen LogP contribution in [0.1, 0.15) is 43.1 Å². The molecule has 3 rings (SSSR count). The number of hydrogen-bond donors (Lipinski definition) is 1. The predicted molar refractivity (Wildman–Crippen MR) is 92.6 cm³/mol. The molecule has 3 atom stereocenters. The van der Waals surface area contributed by atoms with E-state index in [1.165, 1.54) is 5.56 Å². The average Bonchev–Trinajstić information content (AvgIpc) is 3.21. The molecule has 0 radical (unpaired) electrons. The predicted octanol–water partition coefficient (Wildman–Crippen LogP) is 2.79. The number of benzene rings is 1. The fourth-order valence-corrected chi connectivity index (χ4v) is 3.27. The molecule has 1 saturated heterocycles. The van der Waals surface area contributed by atoms with Gasteiger partial charge in [0.25, 0.3) is 0 Å². The molecule has 1 aromatic heterocycles. The molecule has 0 aliphatic carbocycles. The van der Waals surface area contributed by atoms with Crippen LogP contribution in [0, 0.1) is 5.92 Å². The van der Waals surface area contributed by atoms with Crippen molar-refractivity contribution in [1.29, 1.82) is 0 Å². The molecule has 0 saturated carbocycles. The Morgan fingerprint density at radius 2 is 2.04 bits per heavy atom. The average molecular weight is 337 g/mol. The van der Waals surface area contributed by atoms with Gasteiger partial charge in [-0.05, 0) is 24.9 Å². The number of hydrogen-bond acceptors (Lipinski definition) is 5. The smallest absolute Gasteiger partial charge is 0.243 e. The van der Waals surface area contributed by atoms with Gasteiger partial charge in [-0.25, -0.2) is 0 Å². The largest absolute Gasteiger partial charge is 0.338 e. The lowest BCUT2D eigenvalue weighted by atomic mass is 9.89. The third-order valence-corrected chi connectivity index (χ3v) is 4.70. The maximum Gasteiger partial charge on any atom is 0.243 e. The van der Waals surface area contributed by atoms with Crippen LogP contribution < -0.4 is 5.73 Å². The summed E-state index contributed by atoms with van der Waals surface area (Å²) in [7, 11) is 0. The molecule has 2 heterocycles. The molecule has 6 heteroatoms. The molecule has 0 amide bonds. The van der Waals surface area contributed by atoms with Gasteiger partial charge in [-0.2, -0.15) is 4.98 Å². The van der Waals surface area contributed by atoms with E-state index in [1.54, 1.807) is 0 Å². The van der Waals surface area contributed by atoms with Crippen LogP contribution in [-0.4, -0.2) is 34.7 Å². The topological polar surface area (TPSA) is 68.2 Å². The van der Waals surface area contributed by atoms with Crippen LogP contribution in [0.4, 0.5) is 0 Å². The summed E-state index contributed by atoms with van der Waals surface area (Å²) in [5.41, 5.74) is 7.38. The number of nitrogens with zero attached hydrogens (tertiary/aromatic N) is 3. The molecule has 5 nitrogen and oxygen atoms in total. The molecule has 0 spiro atoms. The van der Waals surface area contributed by atoms with E-state index in [0.29, 0.717) is 24.3 Å². The Morgan fingerprint density at radius 3 is 2.65 bits per heavy atom.